The summed E-state index contributed by atoms with van der Waals surface area (Å²) in [6.07, 6.45) is 3.54. The van der Waals surface area contributed by atoms with Crippen LogP contribution in [0.5, 0.6) is 0 Å². The van der Waals surface area contributed by atoms with Gasteiger partial charge in [0.15, 0.2) is 0 Å². The summed E-state index contributed by atoms with van der Waals surface area (Å²) < 4.78 is 4.68. The average Bonchev–Trinajstić information content (AvgIpc) is 2.60. The number of nitrogens with zero attached hydrogens (tertiary/aromatic N) is 2. The highest BCUT2D eigenvalue weighted by molar-refractivity contribution is 5.94. The first-order chi connectivity index (χ1) is 11.5. The van der Waals surface area contributed by atoms with Gasteiger partial charge in [0.1, 0.15) is 0 Å². The molecule has 2 aromatic rings. The molecular weight excluding hydrogens is 304 g/mol. The molecule has 5 nitrogen and oxygen atoms in total. The predicted molar refractivity (Wildman–Crippen MR) is 91.5 cm³/mol. The lowest BCUT2D eigenvalue weighted by molar-refractivity contribution is -0.140. The van der Waals surface area contributed by atoms with Crippen molar-refractivity contribution >= 4 is 11.9 Å². The monoisotopic (exact) mass is 326 g/mol. The number of pyridine rings is 1. The number of benzene rings is 1. The summed E-state index contributed by atoms with van der Waals surface area (Å²) in [5, 5.41) is 0. The second-order valence-corrected chi connectivity index (χ2v) is 5.71. The fourth-order valence-electron chi connectivity index (χ4n) is 2.35. The molecule has 1 aromatic carbocycles. The molecule has 0 saturated carbocycles. The molecule has 0 aliphatic heterocycles. The maximum absolute atomic E-state index is 12.9. The van der Waals surface area contributed by atoms with Crippen LogP contribution in [0.3, 0.4) is 0 Å². The highest BCUT2D eigenvalue weighted by atomic mass is 16.5. The molecule has 0 radical (unpaired) electrons. The number of carbonyl (C=O) groups is 2. The van der Waals surface area contributed by atoms with Crippen molar-refractivity contribution in [1.82, 2.24) is 9.88 Å². The number of hydrogen-bond donors (Lipinski definition) is 0. The molecule has 1 aromatic heterocycles. The molecule has 0 spiro atoms. The molecule has 0 bridgehead atoms. The molecule has 1 amide bonds. The number of ether oxygens (including phenoxy) is 1. The Morgan fingerprint density at radius 2 is 1.79 bits per heavy atom. The number of esters is 1. The maximum Gasteiger partial charge on any atom is 0.307 e. The lowest BCUT2D eigenvalue weighted by atomic mass is 10.1. The van der Waals surface area contributed by atoms with Gasteiger partial charge in [-0.1, -0.05) is 6.07 Å². The third-order valence-corrected chi connectivity index (χ3v) is 3.98. The van der Waals surface area contributed by atoms with Gasteiger partial charge in [-0.15, -0.1) is 0 Å². The first kappa shape index (κ1) is 17.7. The number of aromatic nitrogens is 1. The van der Waals surface area contributed by atoms with Crippen LogP contribution in [0.1, 0.15) is 33.5 Å². The van der Waals surface area contributed by atoms with Crippen molar-refractivity contribution in [1.29, 1.82) is 0 Å². The van der Waals surface area contributed by atoms with Gasteiger partial charge in [-0.3, -0.25) is 14.6 Å². The van der Waals surface area contributed by atoms with Gasteiger partial charge in [0.05, 0.1) is 13.5 Å². The summed E-state index contributed by atoms with van der Waals surface area (Å²) in [6, 6.07) is 9.36. The van der Waals surface area contributed by atoms with Crippen LogP contribution in [0.4, 0.5) is 0 Å². The molecule has 1 heterocycles. The Morgan fingerprint density at radius 3 is 2.42 bits per heavy atom. The normalized spacial score (nSPS) is 10.3. The van der Waals surface area contributed by atoms with Gasteiger partial charge in [0, 0.05) is 31.0 Å². The highest BCUT2D eigenvalue weighted by Crippen LogP contribution is 2.14. The number of aryl methyl sites for hydroxylation is 2. The summed E-state index contributed by atoms with van der Waals surface area (Å²) in [5.41, 5.74) is 3.79. The molecule has 0 N–H and O–H groups in total. The van der Waals surface area contributed by atoms with Gasteiger partial charge in [-0.2, -0.15) is 0 Å². The van der Waals surface area contributed by atoms with E-state index in [-0.39, 0.29) is 18.3 Å². The van der Waals surface area contributed by atoms with Crippen molar-refractivity contribution in [2.75, 3.05) is 13.7 Å². The fourth-order valence-corrected chi connectivity index (χ4v) is 2.35. The maximum atomic E-state index is 12.9. The molecular formula is C19H22N2O3. The summed E-state index contributed by atoms with van der Waals surface area (Å²) in [6.45, 7) is 4.72. The highest BCUT2D eigenvalue weighted by Gasteiger charge is 2.18. The minimum absolute atomic E-state index is 0.0983. The molecule has 24 heavy (non-hydrogen) atoms. The average molecular weight is 326 g/mol. The van der Waals surface area contributed by atoms with Crippen LogP contribution in [-0.4, -0.2) is 35.4 Å². The van der Waals surface area contributed by atoms with Crippen molar-refractivity contribution in [3.05, 3.63) is 65.0 Å². The van der Waals surface area contributed by atoms with Crippen LogP contribution in [0.2, 0.25) is 0 Å². The Balaban J connectivity index is 2.20. The van der Waals surface area contributed by atoms with Crippen molar-refractivity contribution in [3.8, 4) is 0 Å². The topological polar surface area (TPSA) is 59.5 Å². The lowest BCUT2D eigenvalue weighted by Gasteiger charge is -2.23. The SMILES string of the molecule is COC(=O)CCN(Cc1ccncc1)C(=O)c1ccc(C)c(C)c1. The zero-order valence-electron chi connectivity index (χ0n) is 14.3. The van der Waals surface area contributed by atoms with Gasteiger partial charge < -0.3 is 9.64 Å². The van der Waals surface area contributed by atoms with E-state index in [0.717, 1.165) is 16.7 Å². The van der Waals surface area contributed by atoms with E-state index in [9.17, 15) is 9.59 Å². The lowest BCUT2D eigenvalue weighted by Crippen LogP contribution is -2.32. The quantitative estimate of drug-likeness (QED) is 0.766. The van der Waals surface area contributed by atoms with Crippen LogP contribution >= 0.6 is 0 Å². The number of hydrogen-bond acceptors (Lipinski definition) is 4. The van der Waals surface area contributed by atoms with E-state index in [2.05, 4.69) is 9.72 Å². The van der Waals surface area contributed by atoms with Crippen molar-refractivity contribution < 1.29 is 14.3 Å². The predicted octanol–water partition coefficient (Wildman–Crippen LogP) is 2.90. The molecule has 2 rings (SSSR count). The van der Waals surface area contributed by atoms with Crippen molar-refractivity contribution in [2.24, 2.45) is 0 Å². The molecule has 0 unspecified atom stereocenters. The number of methoxy groups -OCH3 is 1. The molecule has 0 saturated heterocycles. The Hall–Kier alpha value is -2.69. The molecule has 5 heteroatoms. The summed E-state index contributed by atoms with van der Waals surface area (Å²) in [5.74, 6) is -0.429. The Labute approximate surface area is 142 Å². The van der Waals surface area contributed by atoms with Crippen molar-refractivity contribution in [2.45, 2.75) is 26.8 Å². The standard InChI is InChI=1S/C19H22N2O3/c1-14-4-5-17(12-15(14)2)19(23)21(11-8-18(22)24-3)13-16-6-9-20-10-7-16/h4-7,9-10,12H,8,11,13H2,1-3H3. The second kappa shape index (κ2) is 8.24. The zero-order chi connectivity index (χ0) is 17.5. The van der Waals surface area contributed by atoms with Crippen LogP contribution < -0.4 is 0 Å². The van der Waals surface area contributed by atoms with E-state index in [1.165, 1.54) is 7.11 Å². The van der Waals surface area contributed by atoms with E-state index in [1.54, 1.807) is 17.3 Å². The van der Waals surface area contributed by atoms with E-state index >= 15 is 0 Å². The van der Waals surface area contributed by atoms with Gasteiger partial charge in [-0.05, 0) is 54.8 Å². The molecule has 126 valence electrons. The molecule has 0 fully saturated rings. The third kappa shape index (κ3) is 4.65. The molecule has 0 aliphatic carbocycles. The molecule has 0 atom stereocenters. The Morgan fingerprint density at radius 1 is 1.08 bits per heavy atom. The smallest absolute Gasteiger partial charge is 0.307 e. The third-order valence-electron chi connectivity index (χ3n) is 3.98. The van der Waals surface area contributed by atoms with Crippen molar-refractivity contribution in [3.63, 3.8) is 0 Å². The van der Waals surface area contributed by atoms with E-state index < -0.39 is 0 Å². The molecule has 0 aliphatic rings. The summed E-state index contributed by atoms with van der Waals surface area (Å²) in [4.78, 5) is 30.0. The first-order valence-electron chi connectivity index (χ1n) is 7.83. The Kier molecular flexibility index (Phi) is 6.07. The van der Waals surface area contributed by atoms with Crippen LogP contribution in [0, 0.1) is 13.8 Å². The summed E-state index contributed by atoms with van der Waals surface area (Å²) >= 11 is 0. The minimum atomic E-state index is -0.331. The Bertz CT molecular complexity index is 714. The van der Waals surface area contributed by atoms with E-state index in [0.29, 0.717) is 18.7 Å². The zero-order valence-corrected chi connectivity index (χ0v) is 14.3. The second-order valence-electron chi connectivity index (χ2n) is 5.71. The van der Waals surface area contributed by atoms with Crippen LogP contribution in [0.25, 0.3) is 0 Å². The summed E-state index contributed by atoms with van der Waals surface area (Å²) in [7, 11) is 1.35. The van der Waals surface area contributed by atoms with Gasteiger partial charge in [0.25, 0.3) is 5.91 Å². The van der Waals surface area contributed by atoms with Gasteiger partial charge in [0.2, 0.25) is 0 Å². The van der Waals surface area contributed by atoms with E-state index in [1.807, 2.05) is 44.2 Å². The van der Waals surface area contributed by atoms with Crippen LogP contribution in [-0.2, 0) is 16.1 Å². The number of amides is 1. The van der Waals surface area contributed by atoms with Gasteiger partial charge in [-0.25, -0.2) is 0 Å². The number of carbonyl (C=O) groups excluding carboxylic acids is 2. The van der Waals surface area contributed by atoms with E-state index in [4.69, 9.17) is 0 Å². The minimum Gasteiger partial charge on any atom is -0.469 e. The number of rotatable bonds is 6. The fraction of sp³-hybridized carbons (Fsp3) is 0.316. The van der Waals surface area contributed by atoms with Gasteiger partial charge >= 0.3 is 5.97 Å². The largest absolute Gasteiger partial charge is 0.469 e. The first-order valence-corrected chi connectivity index (χ1v) is 7.83. The van der Waals surface area contributed by atoms with Crippen LogP contribution in [0.15, 0.2) is 42.7 Å².